The van der Waals surface area contributed by atoms with Gasteiger partial charge in [-0.3, -0.25) is 0 Å². The van der Waals surface area contributed by atoms with Crippen LogP contribution in [0.5, 0.6) is 5.75 Å². The number of rotatable bonds is 5. The van der Waals surface area contributed by atoms with Gasteiger partial charge in [0.25, 0.3) is 0 Å². The fraction of sp³-hybridized carbons (Fsp3) is 0.273. The summed E-state index contributed by atoms with van der Waals surface area (Å²) in [7, 11) is 1.91. The SMILES string of the molecule is C=Cc1ccc(OCCNC)cc1. The summed E-state index contributed by atoms with van der Waals surface area (Å²) < 4.78 is 5.45. The maximum atomic E-state index is 5.45. The smallest absolute Gasteiger partial charge is 0.119 e. The van der Waals surface area contributed by atoms with Crippen LogP contribution >= 0.6 is 0 Å². The Bertz CT molecular complexity index is 253. The quantitative estimate of drug-likeness (QED) is 0.694. The van der Waals surface area contributed by atoms with E-state index in [0.717, 1.165) is 17.9 Å². The largest absolute Gasteiger partial charge is 0.492 e. The normalized spacial score (nSPS) is 9.62. The van der Waals surface area contributed by atoms with E-state index in [9.17, 15) is 0 Å². The molecule has 13 heavy (non-hydrogen) atoms. The molecule has 2 heteroatoms. The maximum absolute atomic E-state index is 5.45. The second-order valence-electron chi connectivity index (χ2n) is 2.73. The average molecular weight is 177 g/mol. The molecule has 0 spiro atoms. The summed E-state index contributed by atoms with van der Waals surface area (Å²) in [6.45, 7) is 5.25. The Morgan fingerprint density at radius 3 is 2.62 bits per heavy atom. The Balaban J connectivity index is 2.44. The van der Waals surface area contributed by atoms with E-state index in [1.54, 1.807) is 0 Å². The van der Waals surface area contributed by atoms with Gasteiger partial charge in [0.05, 0.1) is 0 Å². The first-order valence-corrected chi connectivity index (χ1v) is 4.36. The van der Waals surface area contributed by atoms with Crippen molar-refractivity contribution >= 4 is 6.08 Å². The Morgan fingerprint density at radius 1 is 1.38 bits per heavy atom. The second kappa shape index (κ2) is 5.38. The van der Waals surface area contributed by atoms with Crippen LogP contribution in [0.15, 0.2) is 30.8 Å². The minimum atomic E-state index is 0.698. The fourth-order valence-corrected chi connectivity index (χ4v) is 0.971. The summed E-state index contributed by atoms with van der Waals surface area (Å²) in [6.07, 6.45) is 1.82. The van der Waals surface area contributed by atoms with Crippen molar-refractivity contribution in [1.29, 1.82) is 0 Å². The molecule has 1 N–H and O–H groups in total. The van der Waals surface area contributed by atoms with Crippen molar-refractivity contribution in [2.45, 2.75) is 0 Å². The molecule has 1 rings (SSSR count). The van der Waals surface area contributed by atoms with Crippen LogP contribution < -0.4 is 10.1 Å². The van der Waals surface area contributed by atoms with Gasteiger partial charge in [0.15, 0.2) is 0 Å². The molecule has 2 nitrogen and oxygen atoms in total. The van der Waals surface area contributed by atoms with Gasteiger partial charge in [0.1, 0.15) is 12.4 Å². The van der Waals surface area contributed by atoms with Gasteiger partial charge >= 0.3 is 0 Å². The van der Waals surface area contributed by atoms with Crippen molar-refractivity contribution in [3.05, 3.63) is 36.4 Å². The Hall–Kier alpha value is -1.28. The molecular weight excluding hydrogens is 162 g/mol. The number of benzene rings is 1. The van der Waals surface area contributed by atoms with Gasteiger partial charge < -0.3 is 10.1 Å². The van der Waals surface area contributed by atoms with Gasteiger partial charge in [-0.1, -0.05) is 24.8 Å². The molecule has 70 valence electrons. The highest BCUT2D eigenvalue weighted by molar-refractivity contribution is 5.48. The zero-order valence-electron chi connectivity index (χ0n) is 7.92. The number of likely N-dealkylation sites (N-methyl/N-ethyl adjacent to an activating group) is 1. The highest BCUT2D eigenvalue weighted by Gasteiger charge is 1.91. The molecule has 0 aromatic heterocycles. The van der Waals surface area contributed by atoms with Crippen LogP contribution in [0, 0.1) is 0 Å². The number of nitrogens with one attached hydrogen (secondary N) is 1. The van der Waals surface area contributed by atoms with Gasteiger partial charge in [-0.2, -0.15) is 0 Å². The van der Waals surface area contributed by atoms with E-state index in [4.69, 9.17) is 4.74 Å². The maximum Gasteiger partial charge on any atom is 0.119 e. The third kappa shape index (κ3) is 3.30. The third-order valence-corrected chi connectivity index (χ3v) is 1.74. The molecule has 1 aromatic carbocycles. The van der Waals surface area contributed by atoms with E-state index in [2.05, 4.69) is 11.9 Å². The standard InChI is InChI=1S/C11H15NO/c1-3-10-4-6-11(7-5-10)13-9-8-12-2/h3-7,12H,1,8-9H2,2H3. The van der Waals surface area contributed by atoms with Crippen LogP contribution in [0.1, 0.15) is 5.56 Å². The van der Waals surface area contributed by atoms with Crippen LogP contribution in [-0.2, 0) is 0 Å². The molecule has 0 radical (unpaired) electrons. The molecule has 0 atom stereocenters. The number of ether oxygens (including phenoxy) is 1. The van der Waals surface area contributed by atoms with E-state index >= 15 is 0 Å². The molecule has 0 saturated carbocycles. The lowest BCUT2D eigenvalue weighted by Crippen LogP contribution is -2.15. The molecule has 0 fully saturated rings. The molecule has 0 heterocycles. The molecule has 0 aliphatic heterocycles. The molecule has 0 aliphatic rings. The summed E-state index contributed by atoms with van der Waals surface area (Å²) in [5.41, 5.74) is 1.11. The highest BCUT2D eigenvalue weighted by atomic mass is 16.5. The third-order valence-electron chi connectivity index (χ3n) is 1.74. The van der Waals surface area contributed by atoms with Gasteiger partial charge in [-0.05, 0) is 24.7 Å². The monoisotopic (exact) mass is 177 g/mol. The van der Waals surface area contributed by atoms with Crippen molar-refractivity contribution < 1.29 is 4.74 Å². The molecule has 0 aliphatic carbocycles. The zero-order valence-corrected chi connectivity index (χ0v) is 7.92. The average Bonchev–Trinajstić information content (AvgIpc) is 2.19. The topological polar surface area (TPSA) is 21.3 Å². The van der Waals surface area contributed by atoms with Gasteiger partial charge in [0, 0.05) is 6.54 Å². The first-order valence-electron chi connectivity index (χ1n) is 4.36. The Morgan fingerprint density at radius 2 is 2.08 bits per heavy atom. The molecule has 0 bridgehead atoms. The summed E-state index contributed by atoms with van der Waals surface area (Å²) in [6, 6.07) is 7.88. The number of hydrogen-bond acceptors (Lipinski definition) is 2. The highest BCUT2D eigenvalue weighted by Crippen LogP contribution is 2.12. The summed E-state index contributed by atoms with van der Waals surface area (Å²) in [5, 5.41) is 3.02. The zero-order chi connectivity index (χ0) is 9.52. The van der Waals surface area contributed by atoms with Crippen LogP contribution in [0.25, 0.3) is 6.08 Å². The van der Waals surface area contributed by atoms with E-state index in [1.807, 2.05) is 37.4 Å². The van der Waals surface area contributed by atoms with Crippen LogP contribution in [0.4, 0.5) is 0 Å². The second-order valence-corrected chi connectivity index (χ2v) is 2.73. The fourth-order valence-electron chi connectivity index (χ4n) is 0.971. The Labute approximate surface area is 79.2 Å². The van der Waals surface area contributed by atoms with Crippen LogP contribution in [0.2, 0.25) is 0 Å². The van der Waals surface area contributed by atoms with Gasteiger partial charge in [-0.25, -0.2) is 0 Å². The van der Waals surface area contributed by atoms with Crippen molar-refractivity contribution in [2.24, 2.45) is 0 Å². The van der Waals surface area contributed by atoms with E-state index < -0.39 is 0 Å². The van der Waals surface area contributed by atoms with Gasteiger partial charge in [0.2, 0.25) is 0 Å². The van der Waals surface area contributed by atoms with Crippen molar-refractivity contribution in [2.75, 3.05) is 20.2 Å². The lowest BCUT2D eigenvalue weighted by molar-refractivity contribution is 0.318. The molecule has 1 aromatic rings. The van der Waals surface area contributed by atoms with Gasteiger partial charge in [-0.15, -0.1) is 0 Å². The minimum Gasteiger partial charge on any atom is -0.492 e. The first-order chi connectivity index (χ1) is 6.36. The lowest BCUT2D eigenvalue weighted by Gasteiger charge is -2.05. The lowest BCUT2D eigenvalue weighted by atomic mass is 10.2. The molecule has 0 unspecified atom stereocenters. The van der Waals surface area contributed by atoms with E-state index in [0.29, 0.717) is 6.61 Å². The van der Waals surface area contributed by atoms with E-state index in [1.165, 1.54) is 0 Å². The van der Waals surface area contributed by atoms with Crippen LogP contribution in [0.3, 0.4) is 0 Å². The summed E-state index contributed by atoms with van der Waals surface area (Å²) >= 11 is 0. The first kappa shape index (κ1) is 9.81. The predicted octanol–water partition coefficient (Wildman–Crippen LogP) is 1.93. The molecule has 0 amide bonds. The van der Waals surface area contributed by atoms with Crippen molar-refractivity contribution in [3.8, 4) is 5.75 Å². The van der Waals surface area contributed by atoms with Crippen LogP contribution in [-0.4, -0.2) is 20.2 Å². The molecular formula is C11H15NO. The molecule has 0 saturated heterocycles. The van der Waals surface area contributed by atoms with E-state index in [-0.39, 0.29) is 0 Å². The van der Waals surface area contributed by atoms with Crippen molar-refractivity contribution in [1.82, 2.24) is 5.32 Å². The summed E-state index contributed by atoms with van der Waals surface area (Å²) in [5.74, 6) is 0.904. The van der Waals surface area contributed by atoms with Crippen molar-refractivity contribution in [3.63, 3.8) is 0 Å². The predicted molar refractivity (Wildman–Crippen MR) is 56.0 cm³/mol. The summed E-state index contributed by atoms with van der Waals surface area (Å²) in [4.78, 5) is 0. The minimum absolute atomic E-state index is 0.698. The Kier molecular flexibility index (Phi) is 4.06. The number of hydrogen-bond donors (Lipinski definition) is 1.